The lowest BCUT2D eigenvalue weighted by Crippen LogP contribution is -2.55. The van der Waals surface area contributed by atoms with Gasteiger partial charge < -0.3 is 10.6 Å². The van der Waals surface area contributed by atoms with Gasteiger partial charge in [0.1, 0.15) is 6.04 Å². The Hall–Kier alpha value is -2.17. The third-order valence-corrected chi connectivity index (χ3v) is 5.61. The first-order valence-electron chi connectivity index (χ1n) is 10.1. The normalized spacial score (nSPS) is 17.7. The number of benzene rings is 1. The molecule has 0 aromatic heterocycles. The molecule has 3 unspecified atom stereocenters. The number of carbonyl (C=O) groups excluding carboxylic acids is 3. The van der Waals surface area contributed by atoms with Gasteiger partial charge in [0.2, 0.25) is 11.8 Å². The summed E-state index contributed by atoms with van der Waals surface area (Å²) in [7, 11) is 0. The van der Waals surface area contributed by atoms with Gasteiger partial charge in [-0.25, -0.2) is 0 Å². The third-order valence-electron chi connectivity index (χ3n) is 5.61. The van der Waals surface area contributed by atoms with Gasteiger partial charge in [0.15, 0.2) is 5.78 Å². The summed E-state index contributed by atoms with van der Waals surface area (Å²) in [5.41, 5.74) is 0.994. The van der Waals surface area contributed by atoms with Crippen LogP contribution in [0.3, 0.4) is 0 Å². The van der Waals surface area contributed by atoms with Crippen LogP contribution in [0.1, 0.15) is 58.4 Å². The lowest BCUT2D eigenvalue weighted by molar-refractivity contribution is -0.133. The largest absolute Gasteiger partial charge is 0.344 e. The van der Waals surface area contributed by atoms with Crippen molar-refractivity contribution in [2.75, 3.05) is 0 Å². The van der Waals surface area contributed by atoms with Gasteiger partial charge in [-0.2, -0.15) is 0 Å². The summed E-state index contributed by atoms with van der Waals surface area (Å²) in [6.07, 6.45) is 5.15. The molecule has 5 heteroatoms. The van der Waals surface area contributed by atoms with Crippen LogP contribution in [0, 0.1) is 11.8 Å². The van der Waals surface area contributed by atoms with Crippen LogP contribution in [0.5, 0.6) is 0 Å². The molecule has 0 spiro atoms. The van der Waals surface area contributed by atoms with Crippen LogP contribution in [-0.4, -0.2) is 29.7 Å². The summed E-state index contributed by atoms with van der Waals surface area (Å²) in [6.45, 7) is 5.45. The number of amides is 2. The van der Waals surface area contributed by atoms with Crippen LogP contribution in [0.2, 0.25) is 0 Å². The Morgan fingerprint density at radius 3 is 2.26 bits per heavy atom. The van der Waals surface area contributed by atoms with Crippen LogP contribution in [0.15, 0.2) is 30.3 Å². The van der Waals surface area contributed by atoms with Crippen LogP contribution in [-0.2, 0) is 20.8 Å². The molecule has 2 N–H and O–H groups in total. The molecule has 2 amide bonds. The van der Waals surface area contributed by atoms with Gasteiger partial charge in [0.25, 0.3) is 0 Å². The van der Waals surface area contributed by atoms with Crippen molar-refractivity contribution < 1.29 is 14.4 Å². The molecule has 1 aliphatic carbocycles. The minimum Gasteiger partial charge on any atom is -0.344 e. The first kappa shape index (κ1) is 21.1. The molecule has 5 nitrogen and oxygen atoms in total. The van der Waals surface area contributed by atoms with E-state index in [2.05, 4.69) is 10.6 Å². The molecular weight excluding hydrogens is 340 g/mol. The predicted octanol–water partition coefficient (Wildman–Crippen LogP) is 3.02. The average Bonchev–Trinajstić information content (AvgIpc) is 3.20. The van der Waals surface area contributed by atoms with Gasteiger partial charge in [0.05, 0.1) is 6.04 Å². The second kappa shape index (κ2) is 10.2. The van der Waals surface area contributed by atoms with E-state index in [0.29, 0.717) is 6.42 Å². The lowest BCUT2D eigenvalue weighted by Gasteiger charge is -2.27. The Morgan fingerprint density at radius 1 is 1.07 bits per heavy atom. The van der Waals surface area contributed by atoms with Gasteiger partial charge in [-0.1, -0.05) is 63.4 Å². The summed E-state index contributed by atoms with van der Waals surface area (Å²) in [4.78, 5) is 37.5. The molecule has 1 aromatic carbocycles. The molecule has 1 aromatic rings. The zero-order valence-electron chi connectivity index (χ0n) is 16.7. The minimum absolute atomic E-state index is 0.000290. The number of carbonyl (C=O) groups is 3. The number of hydrogen-bond donors (Lipinski definition) is 2. The smallest absolute Gasteiger partial charge is 0.243 e. The SMILES string of the molecule is CCC(C)C(NC(=O)C1CCCC1)C(=O)NC(Cc1ccccc1)C(C)=O. The van der Waals surface area contributed by atoms with E-state index in [-0.39, 0.29) is 29.4 Å². The molecule has 27 heavy (non-hydrogen) atoms. The number of rotatable bonds is 9. The minimum atomic E-state index is -0.610. The quantitative estimate of drug-likeness (QED) is 0.700. The van der Waals surface area contributed by atoms with Crippen molar-refractivity contribution in [3.8, 4) is 0 Å². The maximum Gasteiger partial charge on any atom is 0.243 e. The molecule has 0 heterocycles. The molecule has 3 atom stereocenters. The van der Waals surface area contributed by atoms with Crippen LogP contribution < -0.4 is 10.6 Å². The maximum absolute atomic E-state index is 12.9. The number of nitrogens with one attached hydrogen (secondary N) is 2. The molecule has 0 saturated heterocycles. The van der Waals surface area contributed by atoms with E-state index in [1.165, 1.54) is 6.92 Å². The maximum atomic E-state index is 12.9. The molecule has 1 saturated carbocycles. The predicted molar refractivity (Wildman–Crippen MR) is 106 cm³/mol. The van der Waals surface area contributed by atoms with E-state index in [0.717, 1.165) is 37.7 Å². The van der Waals surface area contributed by atoms with E-state index in [9.17, 15) is 14.4 Å². The second-order valence-electron chi connectivity index (χ2n) is 7.71. The Bertz CT molecular complexity index is 638. The topological polar surface area (TPSA) is 75.3 Å². The zero-order valence-corrected chi connectivity index (χ0v) is 16.7. The van der Waals surface area contributed by atoms with Crippen molar-refractivity contribution in [2.24, 2.45) is 11.8 Å². The molecule has 148 valence electrons. The Kier molecular flexibility index (Phi) is 8.01. The second-order valence-corrected chi connectivity index (χ2v) is 7.71. The van der Waals surface area contributed by atoms with E-state index < -0.39 is 12.1 Å². The van der Waals surface area contributed by atoms with Crippen molar-refractivity contribution in [3.63, 3.8) is 0 Å². The van der Waals surface area contributed by atoms with Crippen LogP contribution in [0.4, 0.5) is 0 Å². The highest BCUT2D eigenvalue weighted by Crippen LogP contribution is 2.25. The molecule has 1 aliphatic rings. The van der Waals surface area contributed by atoms with Gasteiger partial charge in [-0.05, 0) is 37.7 Å². The van der Waals surface area contributed by atoms with Gasteiger partial charge in [-0.3, -0.25) is 14.4 Å². The highest BCUT2D eigenvalue weighted by molar-refractivity contribution is 5.92. The fraction of sp³-hybridized carbons (Fsp3) is 0.591. The molecular formula is C22H32N2O3. The summed E-state index contributed by atoms with van der Waals surface area (Å²) in [5.74, 6) is -0.378. The molecule has 0 radical (unpaired) electrons. The summed E-state index contributed by atoms with van der Waals surface area (Å²) in [6, 6.07) is 8.43. The number of Topliss-reactive ketones (excluding diaryl/α,β-unsaturated/α-hetero) is 1. The van der Waals surface area contributed by atoms with E-state index >= 15 is 0 Å². The molecule has 0 bridgehead atoms. The van der Waals surface area contributed by atoms with Gasteiger partial charge in [-0.15, -0.1) is 0 Å². The van der Waals surface area contributed by atoms with E-state index in [1.54, 1.807) is 0 Å². The first-order chi connectivity index (χ1) is 12.9. The Morgan fingerprint density at radius 2 is 1.70 bits per heavy atom. The molecule has 1 fully saturated rings. The Labute approximate surface area is 162 Å². The molecule has 2 rings (SSSR count). The zero-order chi connectivity index (χ0) is 19.8. The highest BCUT2D eigenvalue weighted by atomic mass is 16.2. The standard InChI is InChI=1S/C22H32N2O3/c1-4-15(2)20(24-21(26)18-12-8-9-13-18)22(27)23-19(16(3)25)14-17-10-6-5-7-11-17/h5-7,10-11,15,18-20H,4,8-9,12-14H2,1-3H3,(H,23,27)(H,24,26). The van der Waals surface area contributed by atoms with Crippen molar-refractivity contribution in [2.45, 2.75) is 71.4 Å². The lowest BCUT2D eigenvalue weighted by atomic mass is 9.95. The Balaban J connectivity index is 2.05. The highest BCUT2D eigenvalue weighted by Gasteiger charge is 2.31. The van der Waals surface area contributed by atoms with Gasteiger partial charge >= 0.3 is 0 Å². The van der Waals surface area contributed by atoms with Crippen LogP contribution >= 0.6 is 0 Å². The molecule has 0 aliphatic heterocycles. The van der Waals surface area contributed by atoms with Crippen molar-refractivity contribution in [1.29, 1.82) is 0 Å². The average molecular weight is 373 g/mol. The first-order valence-corrected chi connectivity index (χ1v) is 10.1. The number of ketones is 1. The van der Waals surface area contributed by atoms with Crippen molar-refractivity contribution in [3.05, 3.63) is 35.9 Å². The fourth-order valence-electron chi connectivity index (χ4n) is 3.57. The van der Waals surface area contributed by atoms with E-state index in [1.807, 2.05) is 44.2 Å². The van der Waals surface area contributed by atoms with Crippen molar-refractivity contribution >= 4 is 17.6 Å². The fourth-order valence-corrected chi connectivity index (χ4v) is 3.57. The van der Waals surface area contributed by atoms with E-state index in [4.69, 9.17) is 0 Å². The summed E-state index contributed by atoms with van der Waals surface area (Å²) < 4.78 is 0. The summed E-state index contributed by atoms with van der Waals surface area (Å²) >= 11 is 0. The van der Waals surface area contributed by atoms with Gasteiger partial charge in [0, 0.05) is 5.92 Å². The number of hydrogen-bond acceptors (Lipinski definition) is 3. The van der Waals surface area contributed by atoms with Crippen LogP contribution in [0.25, 0.3) is 0 Å². The summed E-state index contributed by atoms with van der Waals surface area (Å²) in [5, 5.41) is 5.83. The third kappa shape index (κ3) is 6.19. The van der Waals surface area contributed by atoms with Crippen molar-refractivity contribution in [1.82, 2.24) is 10.6 Å². The monoisotopic (exact) mass is 372 g/mol.